The van der Waals surface area contributed by atoms with Crippen LogP contribution < -0.4 is 5.32 Å². The summed E-state index contributed by atoms with van der Waals surface area (Å²) in [7, 11) is 0. The number of benzene rings is 2. The van der Waals surface area contributed by atoms with Gasteiger partial charge in [0.25, 0.3) is 0 Å². The maximum absolute atomic E-state index is 14.4. The van der Waals surface area contributed by atoms with E-state index in [4.69, 9.17) is 4.74 Å². The summed E-state index contributed by atoms with van der Waals surface area (Å²) in [6, 6.07) is 16.0. The Morgan fingerprint density at radius 2 is 1.97 bits per heavy atom. The average Bonchev–Trinajstić information content (AvgIpc) is 3.18. The molecule has 1 unspecified atom stereocenters. The number of aromatic nitrogens is 3. The minimum atomic E-state index is -0.372. The molecule has 0 bridgehead atoms. The molecule has 1 aromatic heterocycles. The van der Waals surface area contributed by atoms with Gasteiger partial charge in [-0.3, -0.25) is 9.36 Å². The molecule has 2 aromatic carbocycles. The lowest BCUT2D eigenvalue weighted by atomic mass is 10.1. The first-order valence-electron chi connectivity index (χ1n) is 9.48. The number of nitrogens with one attached hydrogen (secondary N) is 1. The van der Waals surface area contributed by atoms with Crippen molar-refractivity contribution in [2.24, 2.45) is 0 Å². The smallest absolute Gasteiger partial charge is 0.230 e. The fourth-order valence-corrected chi connectivity index (χ4v) is 4.01. The zero-order valence-corrected chi connectivity index (χ0v) is 16.6. The number of halogens is 1. The number of nitrogens with zero attached hydrogens (tertiary/aromatic N) is 3. The van der Waals surface area contributed by atoms with E-state index in [2.05, 4.69) is 15.5 Å². The van der Waals surface area contributed by atoms with Crippen LogP contribution in [0.3, 0.4) is 0 Å². The van der Waals surface area contributed by atoms with Gasteiger partial charge in [0.05, 0.1) is 24.0 Å². The van der Waals surface area contributed by atoms with Crippen molar-refractivity contribution in [1.29, 1.82) is 0 Å². The predicted molar refractivity (Wildman–Crippen MR) is 109 cm³/mol. The maximum atomic E-state index is 14.4. The van der Waals surface area contributed by atoms with Crippen LogP contribution in [0.1, 0.15) is 12.8 Å². The van der Waals surface area contributed by atoms with Crippen molar-refractivity contribution >= 4 is 17.7 Å². The van der Waals surface area contributed by atoms with E-state index in [0.29, 0.717) is 23.2 Å². The van der Waals surface area contributed by atoms with Crippen LogP contribution in [0.4, 0.5) is 4.39 Å². The van der Waals surface area contributed by atoms with Crippen LogP contribution in [0.25, 0.3) is 17.1 Å². The fourth-order valence-electron chi connectivity index (χ4n) is 3.24. The van der Waals surface area contributed by atoms with Crippen LogP contribution in [0.15, 0.2) is 59.8 Å². The topological polar surface area (TPSA) is 69.0 Å². The van der Waals surface area contributed by atoms with Crippen molar-refractivity contribution in [3.05, 3.63) is 60.4 Å². The van der Waals surface area contributed by atoms with Gasteiger partial charge >= 0.3 is 0 Å². The number of para-hydroxylation sites is 1. The first-order chi connectivity index (χ1) is 14.2. The molecule has 6 nitrogen and oxygen atoms in total. The fraction of sp³-hybridized carbons (Fsp3) is 0.286. The second-order valence-corrected chi connectivity index (χ2v) is 7.67. The molecule has 0 spiro atoms. The van der Waals surface area contributed by atoms with Crippen molar-refractivity contribution < 1.29 is 13.9 Å². The molecule has 1 aliphatic rings. The highest BCUT2D eigenvalue weighted by Gasteiger charge is 2.20. The number of carbonyl (C=O) groups is 1. The quantitative estimate of drug-likeness (QED) is 0.628. The molecule has 3 aromatic rings. The van der Waals surface area contributed by atoms with Crippen molar-refractivity contribution in [3.63, 3.8) is 0 Å². The summed E-state index contributed by atoms with van der Waals surface area (Å²) in [5.41, 5.74) is 1.17. The highest BCUT2D eigenvalue weighted by atomic mass is 32.2. The van der Waals surface area contributed by atoms with Crippen molar-refractivity contribution in [3.8, 4) is 17.1 Å². The number of carbonyl (C=O) groups excluding carboxylic acids is 1. The molecule has 2 heterocycles. The average molecular weight is 412 g/mol. The van der Waals surface area contributed by atoms with E-state index in [-0.39, 0.29) is 23.5 Å². The molecule has 150 valence electrons. The summed E-state index contributed by atoms with van der Waals surface area (Å²) < 4.78 is 21.6. The van der Waals surface area contributed by atoms with Crippen LogP contribution in [0, 0.1) is 5.82 Å². The first-order valence-corrected chi connectivity index (χ1v) is 10.5. The number of thioether (sulfide) groups is 1. The SMILES string of the molecule is O=C(CSc1nnc(-c2ccccc2F)n1-c1ccccc1)NC1CCCOC1. The summed E-state index contributed by atoms with van der Waals surface area (Å²) in [6.07, 6.45) is 1.88. The third-order valence-electron chi connectivity index (χ3n) is 4.62. The summed E-state index contributed by atoms with van der Waals surface area (Å²) in [5.74, 6) is 0.140. The molecule has 0 radical (unpaired) electrons. The van der Waals surface area contributed by atoms with E-state index in [1.54, 1.807) is 22.8 Å². The summed E-state index contributed by atoms with van der Waals surface area (Å²) >= 11 is 1.27. The number of hydrogen-bond acceptors (Lipinski definition) is 5. The van der Waals surface area contributed by atoms with Crippen LogP contribution in [-0.2, 0) is 9.53 Å². The maximum Gasteiger partial charge on any atom is 0.230 e. The van der Waals surface area contributed by atoms with Gasteiger partial charge in [0, 0.05) is 12.3 Å². The van der Waals surface area contributed by atoms with Crippen molar-refractivity contribution in [2.75, 3.05) is 19.0 Å². The minimum absolute atomic E-state index is 0.0535. The van der Waals surface area contributed by atoms with Gasteiger partial charge in [-0.2, -0.15) is 0 Å². The Morgan fingerprint density at radius 1 is 1.17 bits per heavy atom. The molecular weight excluding hydrogens is 391 g/mol. The summed E-state index contributed by atoms with van der Waals surface area (Å²) in [4.78, 5) is 12.4. The van der Waals surface area contributed by atoms with Gasteiger partial charge < -0.3 is 10.1 Å². The molecule has 4 rings (SSSR count). The molecule has 1 fully saturated rings. The Kier molecular flexibility index (Phi) is 6.21. The number of amides is 1. The molecule has 1 amide bonds. The van der Waals surface area contributed by atoms with Crippen molar-refractivity contribution in [2.45, 2.75) is 24.0 Å². The van der Waals surface area contributed by atoms with Gasteiger partial charge in [-0.25, -0.2) is 4.39 Å². The largest absolute Gasteiger partial charge is 0.379 e. The first kappa shape index (κ1) is 19.6. The number of hydrogen-bond donors (Lipinski definition) is 1. The third-order valence-corrected chi connectivity index (χ3v) is 5.55. The van der Waals surface area contributed by atoms with E-state index in [9.17, 15) is 9.18 Å². The zero-order chi connectivity index (χ0) is 20.1. The second-order valence-electron chi connectivity index (χ2n) is 6.73. The van der Waals surface area contributed by atoms with Gasteiger partial charge in [-0.15, -0.1) is 10.2 Å². The molecule has 1 aliphatic heterocycles. The van der Waals surface area contributed by atoms with Gasteiger partial charge in [0.2, 0.25) is 5.91 Å². The van der Waals surface area contributed by atoms with Gasteiger partial charge in [-0.05, 0) is 37.1 Å². The Morgan fingerprint density at radius 3 is 2.72 bits per heavy atom. The van der Waals surface area contributed by atoms with Gasteiger partial charge in [0.1, 0.15) is 5.82 Å². The lowest BCUT2D eigenvalue weighted by Gasteiger charge is -2.22. The Labute approximate surface area is 172 Å². The van der Waals surface area contributed by atoms with Crippen LogP contribution in [-0.4, -0.2) is 45.7 Å². The zero-order valence-electron chi connectivity index (χ0n) is 15.8. The predicted octanol–water partition coefficient (Wildman–Crippen LogP) is 3.46. The standard InChI is InChI=1S/C21H21FN4O2S/c22-18-11-5-4-10-17(18)20-24-25-21(26(20)16-8-2-1-3-9-16)29-14-19(27)23-15-7-6-12-28-13-15/h1-5,8-11,15H,6-7,12-14H2,(H,23,27). The number of rotatable bonds is 6. The molecule has 29 heavy (non-hydrogen) atoms. The Balaban J connectivity index is 1.57. The highest BCUT2D eigenvalue weighted by Crippen LogP contribution is 2.29. The van der Waals surface area contributed by atoms with E-state index >= 15 is 0 Å². The van der Waals surface area contributed by atoms with Crippen LogP contribution >= 0.6 is 11.8 Å². The number of ether oxygens (including phenoxy) is 1. The van der Waals surface area contributed by atoms with Gasteiger partial charge in [0.15, 0.2) is 11.0 Å². The highest BCUT2D eigenvalue weighted by molar-refractivity contribution is 7.99. The van der Waals surface area contributed by atoms with Gasteiger partial charge in [-0.1, -0.05) is 42.1 Å². The van der Waals surface area contributed by atoms with Crippen LogP contribution in [0.5, 0.6) is 0 Å². The van der Waals surface area contributed by atoms with E-state index in [1.807, 2.05) is 30.3 Å². The molecule has 8 heteroatoms. The molecule has 1 atom stereocenters. The van der Waals surface area contributed by atoms with E-state index in [1.165, 1.54) is 17.8 Å². The minimum Gasteiger partial charge on any atom is -0.379 e. The Bertz CT molecular complexity index is 974. The monoisotopic (exact) mass is 412 g/mol. The molecule has 0 aliphatic carbocycles. The Hall–Kier alpha value is -2.71. The van der Waals surface area contributed by atoms with E-state index in [0.717, 1.165) is 25.1 Å². The summed E-state index contributed by atoms with van der Waals surface area (Å²) in [5, 5.41) is 12.0. The lowest BCUT2D eigenvalue weighted by Crippen LogP contribution is -2.41. The van der Waals surface area contributed by atoms with Crippen LogP contribution in [0.2, 0.25) is 0 Å². The lowest BCUT2D eigenvalue weighted by molar-refractivity contribution is -0.120. The third kappa shape index (κ3) is 4.65. The molecule has 1 saturated heterocycles. The van der Waals surface area contributed by atoms with Crippen molar-refractivity contribution in [1.82, 2.24) is 20.1 Å². The normalized spacial score (nSPS) is 16.5. The molecular formula is C21H21FN4O2S. The molecule has 0 saturated carbocycles. The van der Waals surface area contributed by atoms with E-state index < -0.39 is 0 Å². The second kappa shape index (κ2) is 9.19. The molecule has 1 N–H and O–H groups in total. The summed E-state index contributed by atoms with van der Waals surface area (Å²) in [6.45, 7) is 1.30.